The molecule has 130 valence electrons. The van der Waals surface area contributed by atoms with Crippen LogP contribution in [0.15, 0.2) is 63.8 Å². The first kappa shape index (κ1) is 17.1. The number of hydrogen-bond donors (Lipinski definition) is 0. The van der Waals surface area contributed by atoms with Gasteiger partial charge in [0.15, 0.2) is 0 Å². The summed E-state index contributed by atoms with van der Waals surface area (Å²) in [6.07, 6.45) is 1.75. The summed E-state index contributed by atoms with van der Waals surface area (Å²) in [5, 5.41) is 17.3. The number of aromatic nitrogens is 6. The van der Waals surface area contributed by atoms with Crippen LogP contribution in [0.5, 0.6) is 0 Å². The van der Waals surface area contributed by atoms with E-state index in [2.05, 4.69) is 65.4 Å². The highest BCUT2D eigenvalue weighted by Crippen LogP contribution is 2.28. The lowest BCUT2D eigenvalue weighted by Crippen LogP contribution is -2.03. The van der Waals surface area contributed by atoms with Crippen molar-refractivity contribution in [3.8, 4) is 17.1 Å². The number of rotatable bonds is 4. The summed E-state index contributed by atoms with van der Waals surface area (Å²) in [6, 6.07) is 16.1. The van der Waals surface area contributed by atoms with E-state index in [0.29, 0.717) is 12.4 Å². The molecule has 0 unspecified atom stereocenters. The Morgan fingerprint density at radius 1 is 1.00 bits per heavy atom. The highest BCUT2D eigenvalue weighted by atomic mass is 79.9. The molecular formula is C18H14Br2N6. The molecule has 26 heavy (non-hydrogen) atoms. The van der Waals surface area contributed by atoms with E-state index >= 15 is 0 Å². The van der Waals surface area contributed by atoms with Crippen molar-refractivity contribution in [3.63, 3.8) is 0 Å². The summed E-state index contributed by atoms with van der Waals surface area (Å²) < 4.78 is 3.68. The Morgan fingerprint density at radius 3 is 2.54 bits per heavy atom. The van der Waals surface area contributed by atoms with Gasteiger partial charge in [0.05, 0.1) is 24.0 Å². The lowest BCUT2D eigenvalue weighted by Gasteiger charge is -2.06. The zero-order valence-corrected chi connectivity index (χ0v) is 17.0. The molecule has 2 aromatic heterocycles. The molecule has 0 amide bonds. The lowest BCUT2D eigenvalue weighted by molar-refractivity contribution is 0.573. The number of hydrogen-bond acceptors (Lipinski definition) is 4. The van der Waals surface area contributed by atoms with Gasteiger partial charge in [-0.2, -0.15) is 9.90 Å². The molecule has 0 bridgehead atoms. The highest BCUT2D eigenvalue weighted by Gasteiger charge is 2.16. The minimum Gasteiger partial charge on any atom is -0.226 e. The van der Waals surface area contributed by atoms with Crippen LogP contribution < -0.4 is 0 Å². The molecule has 4 aromatic rings. The molecule has 2 aromatic carbocycles. The zero-order chi connectivity index (χ0) is 18.1. The van der Waals surface area contributed by atoms with Gasteiger partial charge >= 0.3 is 0 Å². The van der Waals surface area contributed by atoms with Gasteiger partial charge in [-0.15, -0.1) is 10.2 Å². The first-order valence-electron chi connectivity index (χ1n) is 7.94. The van der Waals surface area contributed by atoms with Crippen molar-refractivity contribution in [3.05, 3.63) is 74.9 Å². The fraction of sp³-hybridized carbons (Fsp3) is 0.111. The molecule has 0 aliphatic rings. The second-order valence-electron chi connectivity index (χ2n) is 5.82. The number of benzene rings is 2. The van der Waals surface area contributed by atoms with Crippen LogP contribution in [0.4, 0.5) is 0 Å². The SMILES string of the molecule is Cc1ccccc1-n1ncc(-c2nnn(Cc3ccc(Br)cc3)n2)c1Br. The van der Waals surface area contributed by atoms with Gasteiger partial charge in [0, 0.05) is 4.47 Å². The van der Waals surface area contributed by atoms with Crippen LogP contribution in [0.2, 0.25) is 0 Å². The third-order valence-electron chi connectivity index (χ3n) is 3.99. The molecule has 0 N–H and O–H groups in total. The molecule has 0 atom stereocenters. The van der Waals surface area contributed by atoms with Gasteiger partial charge in [-0.3, -0.25) is 0 Å². The molecule has 0 aliphatic carbocycles. The third-order valence-corrected chi connectivity index (χ3v) is 5.28. The summed E-state index contributed by atoms with van der Waals surface area (Å²) in [7, 11) is 0. The normalized spacial score (nSPS) is 11.0. The van der Waals surface area contributed by atoms with Crippen molar-refractivity contribution < 1.29 is 0 Å². The topological polar surface area (TPSA) is 61.4 Å². The van der Waals surface area contributed by atoms with Gasteiger partial charge in [0.2, 0.25) is 5.82 Å². The van der Waals surface area contributed by atoms with Crippen molar-refractivity contribution >= 4 is 31.9 Å². The average molecular weight is 474 g/mol. The molecule has 2 heterocycles. The first-order chi connectivity index (χ1) is 12.6. The summed E-state index contributed by atoms with van der Waals surface area (Å²) in [5.41, 5.74) is 4.05. The van der Waals surface area contributed by atoms with Gasteiger partial charge in [-0.25, -0.2) is 4.68 Å². The minimum absolute atomic E-state index is 0.536. The van der Waals surface area contributed by atoms with Crippen LogP contribution in [-0.2, 0) is 6.54 Å². The maximum absolute atomic E-state index is 4.49. The van der Waals surface area contributed by atoms with E-state index in [1.165, 1.54) is 0 Å². The number of tetrazole rings is 1. The van der Waals surface area contributed by atoms with Gasteiger partial charge in [-0.1, -0.05) is 46.3 Å². The zero-order valence-electron chi connectivity index (χ0n) is 13.8. The van der Waals surface area contributed by atoms with E-state index in [-0.39, 0.29) is 0 Å². The molecule has 6 nitrogen and oxygen atoms in total. The Kier molecular flexibility index (Phi) is 4.69. The van der Waals surface area contributed by atoms with E-state index in [1.807, 2.05) is 47.1 Å². The third kappa shape index (κ3) is 3.34. The summed E-state index contributed by atoms with van der Waals surface area (Å²) in [6.45, 7) is 2.61. The maximum atomic E-state index is 4.49. The quantitative estimate of drug-likeness (QED) is 0.440. The number of para-hydroxylation sites is 1. The van der Waals surface area contributed by atoms with E-state index in [1.54, 1.807) is 11.0 Å². The second-order valence-corrected chi connectivity index (χ2v) is 7.48. The van der Waals surface area contributed by atoms with Crippen molar-refractivity contribution in [2.45, 2.75) is 13.5 Å². The Hall–Kier alpha value is -2.32. The van der Waals surface area contributed by atoms with Crippen LogP contribution >= 0.6 is 31.9 Å². The van der Waals surface area contributed by atoms with E-state index in [0.717, 1.165) is 31.5 Å². The summed E-state index contributed by atoms with van der Waals surface area (Å²) >= 11 is 7.06. The van der Waals surface area contributed by atoms with Gasteiger partial charge in [0.25, 0.3) is 0 Å². The molecule has 0 fully saturated rings. The van der Waals surface area contributed by atoms with Gasteiger partial charge < -0.3 is 0 Å². The molecule has 8 heteroatoms. The molecule has 0 spiro atoms. The summed E-state index contributed by atoms with van der Waals surface area (Å²) in [4.78, 5) is 1.58. The molecule has 0 radical (unpaired) electrons. The van der Waals surface area contributed by atoms with Crippen LogP contribution in [0.1, 0.15) is 11.1 Å². The predicted molar refractivity (Wildman–Crippen MR) is 106 cm³/mol. The average Bonchev–Trinajstić information content (AvgIpc) is 3.24. The molecule has 0 saturated heterocycles. The van der Waals surface area contributed by atoms with Crippen LogP contribution in [0, 0.1) is 6.92 Å². The standard InChI is InChI=1S/C18H14Br2N6/c1-12-4-2-3-5-16(12)26-17(20)15(10-21-26)18-22-24-25(23-18)11-13-6-8-14(19)9-7-13/h2-10H,11H2,1H3. The van der Waals surface area contributed by atoms with Gasteiger partial charge in [-0.05, 0) is 57.4 Å². The van der Waals surface area contributed by atoms with Crippen molar-refractivity contribution in [1.82, 2.24) is 30.0 Å². The van der Waals surface area contributed by atoms with Gasteiger partial charge in [0.1, 0.15) is 4.60 Å². The fourth-order valence-corrected chi connectivity index (χ4v) is 3.45. The van der Waals surface area contributed by atoms with Crippen molar-refractivity contribution in [2.24, 2.45) is 0 Å². The molecule has 0 saturated carbocycles. The van der Waals surface area contributed by atoms with Crippen molar-refractivity contribution in [2.75, 3.05) is 0 Å². The molecule has 4 rings (SSSR count). The first-order valence-corrected chi connectivity index (χ1v) is 9.52. The number of nitrogens with zero attached hydrogens (tertiary/aromatic N) is 6. The predicted octanol–water partition coefficient (Wildman–Crippen LogP) is 4.41. The van der Waals surface area contributed by atoms with Crippen LogP contribution in [-0.4, -0.2) is 30.0 Å². The molecule has 0 aliphatic heterocycles. The number of aryl methyl sites for hydroxylation is 1. The van der Waals surface area contributed by atoms with E-state index in [4.69, 9.17) is 0 Å². The lowest BCUT2D eigenvalue weighted by atomic mass is 10.2. The maximum Gasteiger partial charge on any atom is 0.209 e. The Labute approximate surface area is 167 Å². The largest absolute Gasteiger partial charge is 0.226 e. The van der Waals surface area contributed by atoms with Crippen LogP contribution in [0.25, 0.3) is 17.1 Å². The highest BCUT2D eigenvalue weighted by molar-refractivity contribution is 9.10. The minimum atomic E-state index is 0.536. The Balaban J connectivity index is 1.62. The smallest absolute Gasteiger partial charge is 0.209 e. The summed E-state index contributed by atoms with van der Waals surface area (Å²) in [5.74, 6) is 0.536. The second kappa shape index (κ2) is 7.13. The Morgan fingerprint density at radius 2 is 1.77 bits per heavy atom. The van der Waals surface area contributed by atoms with E-state index < -0.39 is 0 Å². The number of halogens is 2. The van der Waals surface area contributed by atoms with E-state index in [9.17, 15) is 0 Å². The van der Waals surface area contributed by atoms with Crippen molar-refractivity contribution in [1.29, 1.82) is 0 Å². The monoisotopic (exact) mass is 472 g/mol. The fourth-order valence-electron chi connectivity index (χ4n) is 2.62. The van der Waals surface area contributed by atoms with Crippen LogP contribution in [0.3, 0.4) is 0 Å². The molecular weight excluding hydrogens is 460 g/mol. The Bertz CT molecular complexity index is 1050.